The van der Waals surface area contributed by atoms with Crippen molar-refractivity contribution in [2.75, 3.05) is 7.05 Å². The Hall–Kier alpha value is -1.82. The number of hydrogen-bond acceptors (Lipinski definition) is 1. The lowest BCUT2D eigenvalue weighted by molar-refractivity contribution is 0.0963. The topological polar surface area (TPSA) is 33.5 Å². The van der Waals surface area contributed by atoms with Crippen LogP contribution in [0.1, 0.15) is 10.4 Å². The van der Waals surface area contributed by atoms with Crippen LogP contribution in [0, 0.1) is 6.57 Å². The molecule has 0 atom stereocenters. The van der Waals surface area contributed by atoms with Gasteiger partial charge in [-0.15, -0.1) is 0 Å². The van der Waals surface area contributed by atoms with Crippen molar-refractivity contribution < 1.29 is 4.79 Å². The van der Waals surface area contributed by atoms with Crippen LogP contribution in [0.15, 0.2) is 24.3 Å². The SMILES string of the molecule is [C-]#[N+]c1ccc(C(=O)NC)cc1. The zero-order valence-electron chi connectivity index (χ0n) is 6.66. The van der Waals surface area contributed by atoms with Crippen molar-refractivity contribution in [3.05, 3.63) is 41.2 Å². The molecule has 1 rings (SSSR count). The Morgan fingerprint density at radius 2 is 2.00 bits per heavy atom. The Kier molecular flexibility index (Phi) is 2.44. The molecule has 0 unspecified atom stereocenters. The van der Waals surface area contributed by atoms with Crippen LogP contribution in [0.3, 0.4) is 0 Å². The standard InChI is InChI=1S/C9H8N2O/c1-10-8-5-3-7(4-6-8)9(12)11-2/h3-6H,2H3,(H,11,12). The number of carbonyl (C=O) groups excluding carboxylic acids is 1. The first-order chi connectivity index (χ1) is 5.77. The first-order valence-corrected chi connectivity index (χ1v) is 3.47. The smallest absolute Gasteiger partial charge is 0.250 e. The third kappa shape index (κ3) is 1.61. The van der Waals surface area contributed by atoms with E-state index in [1.165, 1.54) is 0 Å². The van der Waals surface area contributed by atoms with Gasteiger partial charge in [0.25, 0.3) is 5.91 Å². The summed E-state index contributed by atoms with van der Waals surface area (Å²) in [5.41, 5.74) is 1.12. The predicted octanol–water partition coefficient (Wildman–Crippen LogP) is 1.60. The van der Waals surface area contributed by atoms with E-state index < -0.39 is 0 Å². The Labute approximate surface area is 70.8 Å². The number of rotatable bonds is 1. The van der Waals surface area contributed by atoms with E-state index in [0.717, 1.165) is 0 Å². The maximum atomic E-state index is 11.0. The van der Waals surface area contributed by atoms with E-state index in [2.05, 4.69) is 10.2 Å². The fourth-order valence-corrected chi connectivity index (χ4v) is 0.832. The van der Waals surface area contributed by atoms with Gasteiger partial charge in [-0.05, 0) is 0 Å². The largest absolute Gasteiger partial charge is 0.355 e. The highest BCUT2D eigenvalue weighted by Gasteiger charge is 2.00. The molecule has 0 saturated heterocycles. The van der Waals surface area contributed by atoms with Crippen LogP contribution in [-0.4, -0.2) is 13.0 Å². The molecule has 60 valence electrons. The second-order valence-corrected chi connectivity index (χ2v) is 2.24. The lowest BCUT2D eigenvalue weighted by Crippen LogP contribution is -2.17. The maximum Gasteiger partial charge on any atom is 0.250 e. The number of hydrogen-bond donors (Lipinski definition) is 1. The molecule has 1 amide bonds. The van der Waals surface area contributed by atoms with Crippen molar-refractivity contribution in [1.82, 2.24) is 5.32 Å². The highest BCUT2D eigenvalue weighted by atomic mass is 16.1. The molecule has 0 aliphatic heterocycles. The van der Waals surface area contributed by atoms with Crippen LogP contribution in [-0.2, 0) is 0 Å². The minimum atomic E-state index is -0.133. The minimum absolute atomic E-state index is 0.133. The molecular weight excluding hydrogens is 152 g/mol. The highest BCUT2D eigenvalue weighted by molar-refractivity contribution is 5.94. The van der Waals surface area contributed by atoms with Gasteiger partial charge in [0.2, 0.25) is 0 Å². The molecule has 0 radical (unpaired) electrons. The van der Waals surface area contributed by atoms with Gasteiger partial charge >= 0.3 is 0 Å². The Morgan fingerprint density at radius 3 is 2.42 bits per heavy atom. The van der Waals surface area contributed by atoms with E-state index in [-0.39, 0.29) is 5.91 Å². The second-order valence-electron chi connectivity index (χ2n) is 2.24. The molecule has 0 saturated carbocycles. The van der Waals surface area contributed by atoms with E-state index in [1.54, 1.807) is 31.3 Å². The summed E-state index contributed by atoms with van der Waals surface area (Å²) >= 11 is 0. The number of amides is 1. The van der Waals surface area contributed by atoms with Crippen molar-refractivity contribution in [3.8, 4) is 0 Å². The number of nitrogens with zero attached hydrogens (tertiary/aromatic N) is 1. The molecule has 0 spiro atoms. The lowest BCUT2D eigenvalue weighted by Gasteiger charge is -1.97. The molecule has 0 bridgehead atoms. The van der Waals surface area contributed by atoms with E-state index in [4.69, 9.17) is 6.57 Å². The molecule has 0 aliphatic rings. The van der Waals surface area contributed by atoms with Gasteiger partial charge in [-0.25, -0.2) is 4.85 Å². The van der Waals surface area contributed by atoms with E-state index >= 15 is 0 Å². The van der Waals surface area contributed by atoms with Gasteiger partial charge in [0, 0.05) is 12.6 Å². The van der Waals surface area contributed by atoms with Crippen LogP contribution >= 0.6 is 0 Å². The van der Waals surface area contributed by atoms with Gasteiger partial charge in [-0.3, -0.25) is 4.79 Å². The minimum Gasteiger partial charge on any atom is -0.355 e. The zero-order chi connectivity index (χ0) is 8.97. The van der Waals surface area contributed by atoms with Gasteiger partial charge in [0.15, 0.2) is 5.69 Å². The van der Waals surface area contributed by atoms with Crippen molar-refractivity contribution in [3.63, 3.8) is 0 Å². The summed E-state index contributed by atoms with van der Waals surface area (Å²) in [5.74, 6) is -0.133. The van der Waals surface area contributed by atoms with Gasteiger partial charge in [-0.2, -0.15) is 0 Å². The molecule has 1 N–H and O–H groups in total. The summed E-state index contributed by atoms with van der Waals surface area (Å²) in [7, 11) is 1.57. The fourth-order valence-electron chi connectivity index (χ4n) is 0.832. The van der Waals surface area contributed by atoms with Crippen LogP contribution in [0.4, 0.5) is 5.69 Å². The molecule has 3 nitrogen and oxygen atoms in total. The number of benzene rings is 1. The Balaban J connectivity index is 2.94. The molecular formula is C9H8N2O. The number of nitrogens with one attached hydrogen (secondary N) is 1. The average Bonchev–Trinajstić information content (AvgIpc) is 2.17. The predicted molar refractivity (Wildman–Crippen MR) is 46.1 cm³/mol. The summed E-state index contributed by atoms with van der Waals surface area (Å²) < 4.78 is 0. The summed E-state index contributed by atoms with van der Waals surface area (Å²) in [6.07, 6.45) is 0. The van der Waals surface area contributed by atoms with E-state index in [0.29, 0.717) is 11.3 Å². The first kappa shape index (κ1) is 8.28. The molecule has 12 heavy (non-hydrogen) atoms. The van der Waals surface area contributed by atoms with Crippen molar-refractivity contribution in [2.45, 2.75) is 0 Å². The quantitative estimate of drug-likeness (QED) is 0.622. The monoisotopic (exact) mass is 160 g/mol. The first-order valence-electron chi connectivity index (χ1n) is 3.47. The summed E-state index contributed by atoms with van der Waals surface area (Å²) in [6.45, 7) is 6.69. The fraction of sp³-hybridized carbons (Fsp3) is 0.111. The molecule has 3 heteroatoms. The van der Waals surface area contributed by atoms with Crippen molar-refractivity contribution in [2.24, 2.45) is 0 Å². The summed E-state index contributed by atoms with van der Waals surface area (Å²) in [5, 5.41) is 2.50. The van der Waals surface area contributed by atoms with Crippen LogP contribution in [0.2, 0.25) is 0 Å². The highest BCUT2D eigenvalue weighted by Crippen LogP contribution is 2.11. The zero-order valence-corrected chi connectivity index (χ0v) is 6.66. The average molecular weight is 160 g/mol. The molecule has 1 aromatic rings. The van der Waals surface area contributed by atoms with E-state index in [9.17, 15) is 4.79 Å². The molecule has 0 fully saturated rings. The van der Waals surface area contributed by atoms with Gasteiger partial charge in [0.1, 0.15) is 0 Å². The van der Waals surface area contributed by atoms with Crippen molar-refractivity contribution >= 4 is 11.6 Å². The summed E-state index contributed by atoms with van der Waals surface area (Å²) in [6, 6.07) is 6.51. The molecule has 0 aromatic heterocycles. The maximum absolute atomic E-state index is 11.0. The Morgan fingerprint density at radius 1 is 1.42 bits per heavy atom. The van der Waals surface area contributed by atoms with Gasteiger partial charge in [0.05, 0.1) is 6.57 Å². The van der Waals surface area contributed by atoms with Crippen LogP contribution in [0.5, 0.6) is 0 Å². The molecule has 0 aliphatic carbocycles. The third-order valence-electron chi connectivity index (χ3n) is 1.49. The lowest BCUT2D eigenvalue weighted by atomic mass is 10.2. The summed E-state index contributed by atoms with van der Waals surface area (Å²) in [4.78, 5) is 14.2. The molecule has 1 aromatic carbocycles. The number of carbonyl (C=O) groups is 1. The van der Waals surface area contributed by atoms with Crippen molar-refractivity contribution in [1.29, 1.82) is 0 Å². The van der Waals surface area contributed by atoms with Gasteiger partial charge < -0.3 is 5.32 Å². The third-order valence-corrected chi connectivity index (χ3v) is 1.49. The second kappa shape index (κ2) is 3.54. The Bertz CT molecular complexity index is 321. The van der Waals surface area contributed by atoms with Crippen LogP contribution in [0.25, 0.3) is 4.85 Å². The van der Waals surface area contributed by atoms with Crippen LogP contribution < -0.4 is 5.32 Å². The normalized spacial score (nSPS) is 8.67. The van der Waals surface area contributed by atoms with Gasteiger partial charge in [-0.1, -0.05) is 24.3 Å². The van der Waals surface area contributed by atoms with E-state index in [1.807, 2.05) is 0 Å². The molecule has 0 heterocycles.